The van der Waals surface area contributed by atoms with Gasteiger partial charge < -0.3 is 19.7 Å². The van der Waals surface area contributed by atoms with Crippen molar-refractivity contribution in [2.24, 2.45) is 5.10 Å². The van der Waals surface area contributed by atoms with E-state index in [1.165, 1.54) is 6.21 Å². The zero-order valence-corrected chi connectivity index (χ0v) is 18.1. The molecule has 1 heterocycles. The summed E-state index contributed by atoms with van der Waals surface area (Å²) < 4.78 is 10.7. The molecule has 3 rings (SSSR count). The molecule has 0 spiro atoms. The normalized spacial score (nSPS) is 13.6. The second kappa shape index (κ2) is 11.1. The first-order valence-corrected chi connectivity index (χ1v) is 10.2. The lowest BCUT2D eigenvalue weighted by Crippen LogP contribution is -2.42. The van der Waals surface area contributed by atoms with Crippen LogP contribution in [-0.2, 0) is 19.1 Å². The van der Waals surface area contributed by atoms with Crippen LogP contribution < -0.4 is 15.5 Å². The molecule has 0 radical (unpaired) electrons. The lowest BCUT2D eigenvalue weighted by atomic mass is 10.1. The Bertz CT molecular complexity index is 998. The van der Waals surface area contributed by atoms with Gasteiger partial charge >= 0.3 is 11.8 Å². The van der Waals surface area contributed by atoms with Crippen LogP contribution in [0.4, 0.5) is 5.69 Å². The van der Waals surface area contributed by atoms with E-state index < -0.39 is 11.8 Å². The van der Waals surface area contributed by atoms with Crippen molar-refractivity contribution in [3.05, 3.63) is 59.2 Å². The number of aryl methyl sites for hydroxylation is 2. The molecule has 2 N–H and O–H groups in total. The van der Waals surface area contributed by atoms with Gasteiger partial charge in [0.1, 0.15) is 5.75 Å². The van der Waals surface area contributed by atoms with Gasteiger partial charge in [-0.1, -0.05) is 6.07 Å². The van der Waals surface area contributed by atoms with Crippen LogP contribution in [-0.4, -0.2) is 61.7 Å². The third-order valence-electron chi connectivity index (χ3n) is 4.96. The molecule has 0 unspecified atom stereocenters. The number of benzene rings is 2. The largest absolute Gasteiger partial charge is 0.484 e. The summed E-state index contributed by atoms with van der Waals surface area (Å²) in [6.45, 7) is 6.09. The van der Waals surface area contributed by atoms with Crippen molar-refractivity contribution in [3.8, 4) is 5.75 Å². The van der Waals surface area contributed by atoms with Gasteiger partial charge in [0.05, 0.1) is 19.4 Å². The van der Waals surface area contributed by atoms with Crippen LogP contribution in [0.2, 0.25) is 0 Å². The Kier molecular flexibility index (Phi) is 7.93. The predicted molar refractivity (Wildman–Crippen MR) is 120 cm³/mol. The maximum atomic E-state index is 12.1. The predicted octanol–water partition coefficient (Wildman–Crippen LogP) is 1.63. The number of rotatable bonds is 6. The van der Waals surface area contributed by atoms with Crippen LogP contribution in [0.3, 0.4) is 0 Å². The first-order chi connectivity index (χ1) is 15.4. The molecule has 0 aliphatic carbocycles. The third-order valence-corrected chi connectivity index (χ3v) is 4.96. The lowest BCUT2D eigenvalue weighted by Gasteiger charge is -2.26. The van der Waals surface area contributed by atoms with Gasteiger partial charge in [-0.2, -0.15) is 5.10 Å². The molecule has 2 aromatic carbocycles. The summed E-state index contributed by atoms with van der Waals surface area (Å²) in [6.07, 6.45) is 1.41. The minimum Gasteiger partial charge on any atom is -0.484 e. The zero-order valence-electron chi connectivity index (χ0n) is 18.1. The molecular formula is C23H26N4O5. The van der Waals surface area contributed by atoms with E-state index in [0.29, 0.717) is 43.3 Å². The first-order valence-electron chi connectivity index (χ1n) is 10.2. The molecule has 1 aliphatic heterocycles. The number of carbonyl (C=O) groups excluding carboxylic acids is 3. The average molecular weight is 438 g/mol. The smallest absolute Gasteiger partial charge is 0.329 e. The molecule has 9 nitrogen and oxygen atoms in total. The van der Waals surface area contributed by atoms with Crippen molar-refractivity contribution in [2.75, 3.05) is 38.2 Å². The fourth-order valence-electron chi connectivity index (χ4n) is 2.92. The van der Waals surface area contributed by atoms with Crippen LogP contribution >= 0.6 is 0 Å². The van der Waals surface area contributed by atoms with Gasteiger partial charge in [0.25, 0.3) is 5.91 Å². The summed E-state index contributed by atoms with van der Waals surface area (Å²) in [5, 5.41) is 6.34. The minimum atomic E-state index is -0.874. The number of ether oxygens (including phenoxy) is 2. The van der Waals surface area contributed by atoms with Crippen molar-refractivity contribution in [1.82, 2.24) is 10.3 Å². The summed E-state index contributed by atoms with van der Waals surface area (Å²) in [7, 11) is 0. The summed E-state index contributed by atoms with van der Waals surface area (Å²) in [4.78, 5) is 37.7. The third kappa shape index (κ3) is 6.64. The molecule has 2 aromatic rings. The van der Waals surface area contributed by atoms with E-state index in [2.05, 4.69) is 15.8 Å². The molecule has 1 saturated heterocycles. The fourth-order valence-corrected chi connectivity index (χ4v) is 2.92. The van der Waals surface area contributed by atoms with Gasteiger partial charge in [0.2, 0.25) is 0 Å². The highest BCUT2D eigenvalue weighted by molar-refractivity contribution is 6.39. The number of hydrogen-bond acceptors (Lipinski definition) is 6. The van der Waals surface area contributed by atoms with Crippen molar-refractivity contribution in [2.45, 2.75) is 13.8 Å². The molecule has 0 bridgehead atoms. The van der Waals surface area contributed by atoms with Gasteiger partial charge in [0, 0.05) is 18.8 Å². The number of hydrogen-bond donors (Lipinski definition) is 2. The highest BCUT2D eigenvalue weighted by Crippen LogP contribution is 2.14. The van der Waals surface area contributed by atoms with E-state index in [0.717, 1.165) is 11.1 Å². The number of morpholine rings is 1. The Morgan fingerprint density at radius 2 is 1.75 bits per heavy atom. The van der Waals surface area contributed by atoms with Crippen LogP contribution in [0.1, 0.15) is 16.7 Å². The van der Waals surface area contributed by atoms with Gasteiger partial charge in [-0.05, 0) is 66.9 Å². The number of amides is 3. The van der Waals surface area contributed by atoms with E-state index in [9.17, 15) is 14.4 Å². The highest BCUT2D eigenvalue weighted by Gasteiger charge is 2.17. The second-order valence-electron chi connectivity index (χ2n) is 7.30. The van der Waals surface area contributed by atoms with E-state index in [1.807, 2.05) is 19.9 Å². The lowest BCUT2D eigenvalue weighted by molar-refractivity contribution is -0.137. The second-order valence-corrected chi connectivity index (χ2v) is 7.30. The van der Waals surface area contributed by atoms with Gasteiger partial charge in [-0.15, -0.1) is 0 Å². The fraction of sp³-hybridized carbons (Fsp3) is 0.304. The average Bonchev–Trinajstić information content (AvgIpc) is 2.81. The van der Waals surface area contributed by atoms with E-state index >= 15 is 0 Å². The molecule has 168 valence electrons. The molecule has 0 aromatic heterocycles. The molecule has 1 fully saturated rings. The SMILES string of the molecule is Cc1ccc(NC(=O)C(=O)N/N=C\c2ccc(OCC(=O)N3CCOCC3)cc2)cc1C. The number of carbonyl (C=O) groups is 3. The Hall–Kier alpha value is -3.72. The number of anilines is 1. The number of hydrazone groups is 1. The molecule has 9 heteroatoms. The Balaban J connectivity index is 1.43. The van der Waals surface area contributed by atoms with Crippen molar-refractivity contribution >= 4 is 29.6 Å². The van der Waals surface area contributed by atoms with Crippen LogP contribution in [0.5, 0.6) is 5.75 Å². The van der Waals surface area contributed by atoms with Gasteiger partial charge in [-0.3, -0.25) is 14.4 Å². The summed E-state index contributed by atoms with van der Waals surface area (Å²) in [6, 6.07) is 12.2. The monoisotopic (exact) mass is 438 g/mol. The van der Waals surface area contributed by atoms with Crippen LogP contribution in [0, 0.1) is 13.8 Å². The molecule has 1 aliphatic rings. The zero-order chi connectivity index (χ0) is 22.9. The first kappa shape index (κ1) is 23.0. The highest BCUT2D eigenvalue weighted by atomic mass is 16.5. The summed E-state index contributed by atoms with van der Waals surface area (Å²) in [5.41, 5.74) is 5.53. The standard InChI is InChI=1S/C23H26N4O5/c1-16-3-6-19(13-17(16)2)25-22(29)23(30)26-24-14-18-4-7-20(8-5-18)32-15-21(28)27-9-11-31-12-10-27/h3-8,13-14H,9-12,15H2,1-2H3,(H,25,29)(H,26,30)/b24-14-. The molecule has 0 atom stereocenters. The Morgan fingerprint density at radius 3 is 2.44 bits per heavy atom. The minimum absolute atomic E-state index is 0.0425. The van der Waals surface area contributed by atoms with Crippen molar-refractivity contribution in [3.63, 3.8) is 0 Å². The van der Waals surface area contributed by atoms with Crippen molar-refractivity contribution < 1.29 is 23.9 Å². The molecule has 32 heavy (non-hydrogen) atoms. The van der Waals surface area contributed by atoms with Crippen molar-refractivity contribution in [1.29, 1.82) is 0 Å². The Morgan fingerprint density at radius 1 is 1.03 bits per heavy atom. The molecule has 0 saturated carbocycles. The van der Waals surface area contributed by atoms with E-state index in [1.54, 1.807) is 41.3 Å². The van der Waals surface area contributed by atoms with E-state index in [4.69, 9.17) is 9.47 Å². The molecular weight excluding hydrogens is 412 g/mol. The quantitative estimate of drug-likeness (QED) is 0.405. The van der Waals surface area contributed by atoms with Gasteiger partial charge in [0.15, 0.2) is 6.61 Å². The Labute approximate surface area is 186 Å². The molecule has 3 amide bonds. The van der Waals surface area contributed by atoms with Gasteiger partial charge in [-0.25, -0.2) is 5.43 Å². The summed E-state index contributed by atoms with van der Waals surface area (Å²) in [5.74, 6) is -1.22. The maximum absolute atomic E-state index is 12.1. The van der Waals surface area contributed by atoms with Crippen LogP contribution in [0.15, 0.2) is 47.6 Å². The van der Waals surface area contributed by atoms with E-state index in [-0.39, 0.29) is 12.5 Å². The topological polar surface area (TPSA) is 109 Å². The van der Waals surface area contributed by atoms with Crippen LogP contribution in [0.25, 0.3) is 0 Å². The summed E-state index contributed by atoms with van der Waals surface area (Å²) >= 11 is 0. The number of nitrogens with zero attached hydrogens (tertiary/aromatic N) is 2. The maximum Gasteiger partial charge on any atom is 0.329 e. The number of nitrogens with one attached hydrogen (secondary N) is 2.